The topological polar surface area (TPSA) is 88.9 Å². The molecule has 0 saturated heterocycles. The fourth-order valence-electron chi connectivity index (χ4n) is 3.01. The molecule has 0 aliphatic heterocycles. The van der Waals surface area contributed by atoms with Gasteiger partial charge in [0.2, 0.25) is 11.8 Å². The maximum Gasteiger partial charge on any atom is 0.230 e. The van der Waals surface area contributed by atoms with Crippen LogP contribution in [0.15, 0.2) is 65.8 Å². The van der Waals surface area contributed by atoms with Crippen molar-refractivity contribution < 1.29 is 9.59 Å². The van der Waals surface area contributed by atoms with Crippen LogP contribution in [0.3, 0.4) is 0 Å². The van der Waals surface area contributed by atoms with E-state index >= 15 is 0 Å². The minimum Gasteiger partial charge on any atom is -0.354 e. The number of aromatic nitrogens is 3. The maximum absolute atomic E-state index is 12.2. The smallest absolute Gasteiger partial charge is 0.230 e. The summed E-state index contributed by atoms with van der Waals surface area (Å²) in [5.74, 6) is 1.11. The van der Waals surface area contributed by atoms with Gasteiger partial charge in [0.25, 0.3) is 0 Å². The highest BCUT2D eigenvalue weighted by molar-refractivity contribution is 7.99. The number of hydrogen-bond acceptors (Lipinski definition) is 5. The summed E-state index contributed by atoms with van der Waals surface area (Å²) >= 11 is 1.33. The Morgan fingerprint density at radius 2 is 1.60 bits per heavy atom. The standard InChI is InChI=1S/C22H23N5O2S/c28-19(23-13-14-24-21(29)17-11-12-17)15-30-22-26-25-20(16-7-3-1-4-8-16)27(22)18-9-5-2-6-10-18/h1-10,17H,11-15H2,(H,23,28)(H,24,29). The minimum absolute atomic E-state index is 0.0861. The highest BCUT2D eigenvalue weighted by Crippen LogP contribution is 2.29. The Kier molecular flexibility index (Phi) is 6.44. The molecule has 1 aliphatic carbocycles. The van der Waals surface area contributed by atoms with Crippen LogP contribution in [0.5, 0.6) is 0 Å². The van der Waals surface area contributed by atoms with Crippen molar-refractivity contribution in [2.24, 2.45) is 5.92 Å². The molecular weight excluding hydrogens is 398 g/mol. The average Bonchev–Trinajstić information content (AvgIpc) is 3.56. The quantitative estimate of drug-likeness (QED) is 0.410. The molecule has 1 aliphatic rings. The Morgan fingerprint density at radius 1 is 0.933 bits per heavy atom. The molecule has 1 saturated carbocycles. The Hall–Kier alpha value is -3.13. The second-order valence-electron chi connectivity index (χ2n) is 7.05. The second kappa shape index (κ2) is 9.58. The van der Waals surface area contributed by atoms with Gasteiger partial charge in [-0.15, -0.1) is 10.2 Å². The van der Waals surface area contributed by atoms with Gasteiger partial charge >= 0.3 is 0 Å². The number of carbonyl (C=O) groups is 2. The molecule has 2 amide bonds. The van der Waals surface area contributed by atoms with E-state index in [4.69, 9.17) is 0 Å². The summed E-state index contributed by atoms with van der Waals surface area (Å²) in [6.07, 6.45) is 1.95. The number of rotatable bonds is 9. The Balaban J connectivity index is 1.39. The van der Waals surface area contributed by atoms with Gasteiger partial charge in [-0.25, -0.2) is 0 Å². The molecule has 154 valence electrons. The number of amides is 2. The summed E-state index contributed by atoms with van der Waals surface area (Å²) in [7, 11) is 0. The lowest BCUT2D eigenvalue weighted by Gasteiger charge is -2.10. The molecule has 4 rings (SSSR count). The van der Waals surface area contributed by atoms with Crippen LogP contribution in [0.25, 0.3) is 17.1 Å². The molecule has 0 bridgehead atoms. The fraction of sp³-hybridized carbons (Fsp3) is 0.273. The van der Waals surface area contributed by atoms with Gasteiger partial charge in [-0.3, -0.25) is 14.2 Å². The third kappa shape index (κ3) is 5.07. The molecule has 1 aromatic heterocycles. The fourth-order valence-corrected chi connectivity index (χ4v) is 3.79. The predicted molar refractivity (Wildman–Crippen MR) is 116 cm³/mol. The van der Waals surface area contributed by atoms with E-state index in [0.29, 0.717) is 18.2 Å². The molecule has 2 aromatic carbocycles. The molecule has 1 heterocycles. The van der Waals surface area contributed by atoms with Crippen molar-refractivity contribution in [3.63, 3.8) is 0 Å². The number of nitrogens with zero attached hydrogens (tertiary/aromatic N) is 3. The lowest BCUT2D eigenvalue weighted by molar-refractivity contribution is -0.123. The summed E-state index contributed by atoms with van der Waals surface area (Å²) in [5.41, 5.74) is 1.89. The van der Waals surface area contributed by atoms with Crippen LogP contribution >= 0.6 is 11.8 Å². The first kappa shape index (κ1) is 20.2. The van der Waals surface area contributed by atoms with Gasteiger partial charge in [0.1, 0.15) is 0 Å². The zero-order valence-corrected chi connectivity index (χ0v) is 17.3. The molecular formula is C22H23N5O2S. The van der Waals surface area contributed by atoms with Crippen LogP contribution in [0.1, 0.15) is 12.8 Å². The van der Waals surface area contributed by atoms with Crippen LogP contribution < -0.4 is 10.6 Å². The SMILES string of the molecule is O=C(CSc1nnc(-c2ccccc2)n1-c1ccccc1)NCCNC(=O)C1CC1. The first-order chi connectivity index (χ1) is 14.7. The largest absolute Gasteiger partial charge is 0.354 e. The van der Waals surface area contributed by atoms with Crippen LogP contribution in [-0.2, 0) is 9.59 Å². The normalized spacial score (nSPS) is 13.1. The number of benzene rings is 2. The van der Waals surface area contributed by atoms with Gasteiger partial charge in [-0.05, 0) is 25.0 Å². The second-order valence-corrected chi connectivity index (χ2v) is 7.99. The van der Waals surface area contributed by atoms with E-state index in [-0.39, 0.29) is 23.5 Å². The number of hydrogen-bond donors (Lipinski definition) is 2. The molecule has 3 aromatic rings. The minimum atomic E-state index is -0.107. The van der Waals surface area contributed by atoms with Crippen LogP contribution in [0, 0.1) is 5.92 Å². The zero-order valence-electron chi connectivity index (χ0n) is 16.5. The first-order valence-corrected chi connectivity index (χ1v) is 10.9. The monoisotopic (exact) mass is 421 g/mol. The molecule has 1 fully saturated rings. The van der Waals surface area contributed by atoms with Crippen molar-refractivity contribution in [1.29, 1.82) is 0 Å². The molecule has 0 radical (unpaired) electrons. The molecule has 0 unspecified atom stereocenters. The number of carbonyl (C=O) groups excluding carboxylic acids is 2. The Bertz CT molecular complexity index is 1000. The van der Waals surface area contributed by atoms with E-state index in [1.165, 1.54) is 11.8 Å². The lowest BCUT2D eigenvalue weighted by Crippen LogP contribution is -2.36. The summed E-state index contributed by atoms with van der Waals surface area (Å²) in [6.45, 7) is 0.864. The van der Waals surface area contributed by atoms with Gasteiger partial charge in [0, 0.05) is 30.3 Å². The van der Waals surface area contributed by atoms with E-state index < -0.39 is 0 Å². The lowest BCUT2D eigenvalue weighted by atomic mass is 10.2. The van der Waals surface area contributed by atoms with Crippen molar-refractivity contribution in [2.45, 2.75) is 18.0 Å². The molecule has 7 nitrogen and oxygen atoms in total. The average molecular weight is 422 g/mol. The highest BCUT2D eigenvalue weighted by atomic mass is 32.2. The van der Waals surface area contributed by atoms with E-state index in [9.17, 15) is 9.59 Å². The third-order valence-electron chi connectivity index (χ3n) is 4.71. The van der Waals surface area contributed by atoms with Crippen LogP contribution in [0.2, 0.25) is 0 Å². The van der Waals surface area contributed by atoms with Crippen molar-refractivity contribution in [3.8, 4) is 17.1 Å². The molecule has 2 N–H and O–H groups in total. The molecule has 30 heavy (non-hydrogen) atoms. The van der Waals surface area contributed by atoms with E-state index in [2.05, 4.69) is 20.8 Å². The number of thioether (sulfide) groups is 1. The summed E-state index contributed by atoms with van der Waals surface area (Å²) < 4.78 is 1.96. The van der Waals surface area contributed by atoms with Crippen molar-refractivity contribution in [3.05, 3.63) is 60.7 Å². The van der Waals surface area contributed by atoms with Crippen molar-refractivity contribution in [2.75, 3.05) is 18.8 Å². The van der Waals surface area contributed by atoms with Gasteiger partial charge in [0.15, 0.2) is 11.0 Å². The first-order valence-electron chi connectivity index (χ1n) is 9.96. The third-order valence-corrected chi connectivity index (χ3v) is 5.64. The van der Waals surface area contributed by atoms with Gasteiger partial charge in [0.05, 0.1) is 5.75 Å². The number of nitrogens with one attached hydrogen (secondary N) is 2. The van der Waals surface area contributed by atoms with Gasteiger partial charge in [-0.2, -0.15) is 0 Å². The predicted octanol–water partition coefficient (Wildman–Crippen LogP) is 2.67. The van der Waals surface area contributed by atoms with Crippen molar-refractivity contribution in [1.82, 2.24) is 25.4 Å². The van der Waals surface area contributed by atoms with E-state index in [0.717, 1.165) is 29.9 Å². The molecule has 8 heteroatoms. The number of para-hydroxylation sites is 1. The van der Waals surface area contributed by atoms with E-state index in [1.807, 2.05) is 65.2 Å². The van der Waals surface area contributed by atoms with Gasteiger partial charge in [-0.1, -0.05) is 60.3 Å². The summed E-state index contributed by atoms with van der Waals surface area (Å²) in [6, 6.07) is 19.7. The maximum atomic E-state index is 12.2. The molecule has 0 spiro atoms. The van der Waals surface area contributed by atoms with Gasteiger partial charge < -0.3 is 10.6 Å². The van der Waals surface area contributed by atoms with Crippen LogP contribution in [-0.4, -0.2) is 45.4 Å². The zero-order chi connectivity index (χ0) is 20.8. The molecule has 0 atom stereocenters. The highest BCUT2D eigenvalue weighted by Gasteiger charge is 2.29. The van der Waals surface area contributed by atoms with Crippen molar-refractivity contribution >= 4 is 23.6 Å². The van der Waals surface area contributed by atoms with Crippen LogP contribution in [0.4, 0.5) is 0 Å². The van der Waals surface area contributed by atoms with E-state index in [1.54, 1.807) is 0 Å². The Morgan fingerprint density at radius 3 is 2.30 bits per heavy atom. The summed E-state index contributed by atoms with van der Waals surface area (Å²) in [5, 5.41) is 15.0. The summed E-state index contributed by atoms with van der Waals surface area (Å²) in [4.78, 5) is 23.8. The Labute approximate surface area is 179 Å².